The van der Waals surface area contributed by atoms with Gasteiger partial charge in [-0.3, -0.25) is 14.5 Å². The number of benzene rings is 2. The molecule has 0 aliphatic carbocycles. The summed E-state index contributed by atoms with van der Waals surface area (Å²) in [6, 6.07) is 13.9. The number of hydrogen-bond acceptors (Lipinski definition) is 5. The lowest BCUT2D eigenvalue weighted by molar-refractivity contribution is -0.125. The van der Waals surface area contributed by atoms with Crippen molar-refractivity contribution in [2.45, 2.75) is 13.2 Å². The Morgan fingerprint density at radius 3 is 2.79 bits per heavy atom. The van der Waals surface area contributed by atoms with Gasteiger partial charge < -0.3 is 19.8 Å². The van der Waals surface area contributed by atoms with E-state index in [0.717, 1.165) is 15.8 Å². The minimum Gasteiger partial charge on any atom is -0.451 e. The van der Waals surface area contributed by atoms with Crippen molar-refractivity contribution in [3.05, 3.63) is 65.4 Å². The Hall–Kier alpha value is -3.65. The molecule has 0 radical (unpaired) electrons. The van der Waals surface area contributed by atoms with Crippen LogP contribution in [0.3, 0.4) is 0 Å². The van der Waals surface area contributed by atoms with Crippen molar-refractivity contribution in [3.63, 3.8) is 0 Å². The molecule has 29 heavy (non-hydrogen) atoms. The number of imide groups is 1. The lowest BCUT2D eigenvalue weighted by Crippen LogP contribution is -2.30. The van der Waals surface area contributed by atoms with E-state index in [1.807, 2.05) is 18.2 Å². The van der Waals surface area contributed by atoms with Gasteiger partial charge in [0.1, 0.15) is 5.58 Å². The number of furan rings is 1. The monoisotopic (exact) mass is 393 g/mol. The molecule has 0 bridgehead atoms. The highest BCUT2D eigenvalue weighted by Gasteiger charge is 2.28. The van der Waals surface area contributed by atoms with E-state index >= 15 is 0 Å². The number of rotatable bonds is 6. The van der Waals surface area contributed by atoms with Gasteiger partial charge in [-0.1, -0.05) is 30.3 Å². The number of methoxy groups -OCH3 is 1. The number of urea groups is 1. The Bertz CT molecular complexity index is 1090. The highest BCUT2D eigenvalue weighted by molar-refractivity contribution is 6.06. The number of hydrogen-bond donors (Lipinski definition) is 2. The molecule has 3 aromatic rings. The number of ether oxygens (including phenoxy) is 1. The second-order valence-corrected chi connectivity index (χ2v) is 6.63. The van der Waals surface area contributed by atoms with E-state index in [1.165, 1.54) is 0 Å². The Labute approximate surface area is 166 Å². The smallest absolute Gasteiger partial charge is 0.324 e. The average Bonchev–Trinajstić information content (AvgIpc) is 3.24. The van der Waals surface area contributed by atoms with E-state index in [9.17, 15) is 14.4 Å². The highest BCUT2D eigenvalue weighted by Crippen LogP contribution is 2.27. The Morgan fingerprint density at radius 2 is 2.03 bits per heavy atom. The number of nitrogens with zero attached hydrogens (tertiary/aromatic N) is 1. The van der Waals surface area contributed by atoms with E-state index < -0.39 is 11.9 Å². The molecule has 4 amide bonds. The SMILES string of the molecule is COCc1c(C(=O)Nc2cccc(CN3C(=O)CNC3=O)c2)oc2ccccc12. The lowest BCUT2D eigenvalue weighted by atomic mass is 10.1. The van der Waals surface area contributed by atoms with Crippen LogP contribution in [0.5, 0.6) is 0 Å². The maximum atomic E-state index is 12.9. The van der Waals surface area contributed by atoms with Crippen LogP contribution >= 0.6 is 0 Å². The fraction of sp³-hybridized carbons (Fsp3) is 0.190. The van der Waals surface area contributed by atoms with Crippen LogP contribution in [0.15, 0.2) is 52.9 Å². The molecule has 2 N–H and O–H groups in total. The van der Waals surface area contributed by atoms with Crippen LogP contribution in [0.4, 0.5) is 10.5 Å². The predicted octanol–water partition coefficient (Wildman–Crippen LogP) is 2.88. The number of carbonyl (C=O) groups excluding carboxylic acids is 3. The molecule has 2 heterocycles. The van der Waals surface area contributed by atoms with Crippen LogP contribution in [0.1, 0.15) is 21.7 Å². The number of amides is 4. The van der Waals surface area contributed by atoms with Crippen molar-refractivity contribution in [3.8, 4) is 0 Å². The van der Waals surface area contributed by atoms with Crippen LogP contribution < -0.4 is 10.6 Å². The number of anilines is 1. The standard InChI is InChI=1S/C21H19N3O5/c1-28-12-16-15-7-2-3-8-17(15)29-19(16)20(26)23-14-6-4-5-13(9-14)11-24-18(25)10-22-21(24)27/h2-9H,10-12H2,1H3,(H,22,27)(H,23,26). The Kier molecular flexibility index (Phi) is 5.01. The highest BCUT2D eigenvalue weighted by atomic mass is 16.5. The Morgan fingerprint density at radius 1 is 1.21 bits per heavy atom. The molecule has 1 saturated heterocycles. The third-order valence-electron chi connectivity index (χ3n) is 4.66. The molecule has 0 unspecified atom stereocenters. The van der Waals surface area contributed by atoms with Crippen molar-refractivity contribution in [1.29, 1.82) is 0 Å². The van der Waals surface area contributed by atoms with Gasteiger partial charge in [0.2, 0.25) is 5.91 Å². The molecule has 0 saturated carbocycles. The van der Waals surface area contributed by atoms with E-state index in [4.69, 9.17) is 9.15 Å². The van der Waals surface area contributed by atoms with Gasteiger partial charge in [0, 0.05) is 23.7 Å². The second kappa shape index (κ2) is 7.76. The number of para-hydroxylation sites is 1. The molecule has 1 aliphatic rings. The van der Waals surface area contributed by atoms with Crippen LogP contribution in [0, 0.1) is 0 Å². The summed E-state index contributed by atoms with van der Waals surface area (Å²) in [4.78, 5) is 37.5. The van der Waals surface area contributed by atoms with Crippen LogP contribution in [0.25, 0.3) is 11.0 Å². The third-order valence-corrected chi connectivity index (χ3v) is 4.66. The van der Waals surface area contributed by atoms with Crippen LogP contribution in [0.2, 0.25) is 0 Å². The van der Waals surface area contributed by atoms with E-state index in [1.54, 1.807) is 37.4 Å². The van der Waals surface area contributed by atoms with Crippen molar-refractivity contribution in [1.82, 2.24) is 10.2 Å². The van der Waals surface area contributed by atoms with Crippen molar-refractivity contribution < 1.29 is 23.5 Å². The zero-order valence-electron chi connectivity index (χ0n) is 15.7. The first-order chi connectivity index (χ1) is 14.1. The quantitative estimate of drug-likeness (QED) is 0.627. The number of carbonyl (C=O) groups is 3. The van der Waals surface area contributed by atoms with Gasteiger partial charge in [-0.15, -0.1) is 0 Å². The lowest BCUT2D eigenvalue weighted by Gasteiger charge is -2.13. The molecule has 8 heteroatoms. The molecule has 1 aliphatic heterocycles. The van der Waals surface area contributed by atoms with Crippen molar-refractivity contribution >= 4 is 34.5 Å². The molecule has 2 aromatic carbocycles. The summed E-state index contributed by atoms with van der Waals surface area (Å²) in [7, 11) is 1.56. The number of fused-ring (bicyclic) bond motifs is 1. The van der Waals surface area contributed by atoms with Gasteiger partial charge >= 0.3 is 6.03 Å². The van der Waals surface area contributed by atoms with Gasteiger partial charge in [-0.05, 0) is 23.8 Å². The molecular formula is C21H19N3O5. The maximum absolute atomic E-state index is 12.9. The molecule has 0 spiro atoms. The van der Waals surface area contributed by atoms with E-state index in [2.05, 4.69) is 10.6 Å². The summed E-state index contributed by atoms with van der Waals surface area (Å²) in [5.41, 5.74) is 2.53. The molecule has 148 valence electrons. The molecule has 4 rings (SSSR count). The van der Waals surface area contributed by atoms with Gasteiger partial charge in [-0.2, -0.15) is 0 Å². The summed E-state index contributed by atoms with van der Waals surface area (Å²) in [6.45, 7) is 0.378. The van der Waals surface area contributed by atoms with Gasteiger partial charge in [0.15, 0.2) is 5.76 Å². The second-order valence-electron chi connectivity index (χ2n) is 6.63. The van der Waals surface area contributed by atoms with Crippen molar-refractivity contribution in [2.24, 2.45) is 0 Å². The number of nitrogens with one attached hydrogen (secondary N) is 2. The van der Waals surface area contributed by atoms with Crippen LogP contribution in [-0.2, 0) is 22.7 Å². The molecule has 1 aromatic heterocycles. The van der Waals surface area contributed by atoms with Gasteiger partial charge in [0.05, 0.1) is 19.7 Å². The van der Waals surface area contributed by atoms with Gasteiger partial charge in [-0.25, -0.2) is 4.79 Å². The largest absolute Gasteiger partial charge is 0.451 e. The van der Waals surface area contributed by atoms with Crippen LogP contribution in [-0.4, -0.2) is 36.4 Å². The predicted molar refractivity (Wildman–Crippen MR) is 105 cm³/mol. The summed E-state index contributed by atoms with van der Waals surface area (Å²) in [5.74, 6) is -0.496. The molecule has 1 fully saturated rings. The average molecular weight is 393 g/mol. The molecular weight excluding hydrogens is 374 g/mol. The maximum Gasteiger partial charge on any atom is 0.324 e. The first-order valence-corrected chi connectivity index (χ1v) is 9.04. The van der Waals surface area contributed by atoms with E-state index in [-0.39, 0.29) is 31.4 Å². The summed E-state index contributed by atoms with van der Waals surface area (Å²) in [6.07, 6.45) is 0. The zero-order valence-corrected chi connectivity index (χ0v) is 15.7. The first-order valence-electron chi connectivity index (χ1n) is 9.04. The van der Waals surface area contributed by atoms with Gasteiger partial charge in [0.25, 0.3) is 5.91 Å². The molecule has 0 atom stereocenters. The zero-order chi connectivity index (χ0) is 20.4. The normalized spacial score (nSPS) is 13.8. The third kappa shape index (κ3) is 3.70. The summed E-state index contributed by atoms with van der Waals surface area (Å²) in [5, 5.41) is 6.12. The summed E-state index contributed by atoms with van der Waals surface area (Å²) < 4.78 is 11.0. The summed E-state index contributed by atoms with van der Waals surface area (Å²) >= 11 is 0. The Balaban J connectivity index is 1.56. The first kappa shape index (κ1) is 18.7. The molecule has 8 nitrogen and oxygen atoms in total. The fourth-order valence-electron chi connectivity index (χ4n) is 3.30. The fourth-order valence-corrected chi connectivity index (χ4v) is 3.30. The minimum atomic E-state index is -0.420. The van der Waals surface area contributed by atoms with Crippen molar-refractivity contribution in [2.75, 3.05) is 19.0 Å². The minimum absolute atomic E-state index is 0.00356. The topological polar surface area (TPSA) is 101 Å². The van der Waals surface area contributed by atoms with E-state index in [0.29, 0.717) is 16.8 Å².